The van der Waals surface area contributed by atoms with Gasteiger partial charge in [0.05, 0.1) is 0 Å². The molecule has 0 spiro atoms. The number of nitrogens with zero attached hydrogens (tertiary/aromatic N) is 4. The van der Waals surface area contributed by atoms with Crippen molar-refractivity contribution in [3.63, 3.8) is 0 Å². The molecule has 2 heterocycles. The fraction of sp³-hybridized carbons (Fsp3) is 0.111. The minimum atomic E-state index is 0.617. The highest BCUT2D eigenvalue weighted by molar-refractivity contribution is 7.99. The van der Waals surface area contributed by atoms with Crippen LogP contribution in [0.15, 0.2) is 35.0 Å². The molecule has 0 bridgehead atoms. The summed E-state index contributed by atoms with van der Waals surface area (Å²) in [6, 6.07) is 1.82. The molecule has 0 radical (unpaired) electrons. The van der Waals surface area contributed by atoms with Crippen molar-refractivity contribution in [3.8, 4) is 0 Å². The van der Waals surface area contributed by atoms with E-state index in [1.807, 2.05) is 13.0 Å². The van der Waals surface area contributed by atoms with E-state index in [1.165, 1.54) is 24.4 Å². The molecule has 0 aliphatic carbocycles. The summed E-state index contributed by atoms with van der Waals surface area (Å²) in [5, 5.41) is 1.65. The maximum absolute atomic E-state index is 5.34. The Bertz CT molecular complexity index is 475. The molecule has 3 N–H and O–H groups in total. The average molecular weight is 234 g/mol. The van der Waals surface area contributed by atoms with Crippen molar-refractivity contribution < 1.29 is 0 Å². The lowest BCUT2D eigenvalue weighted by atomic mass is 10.3. The third kappa shape index (κ3) is 2.26. The van der Waals surface area contributed by atoms with Crippen LogP contribution in [0.2, 0.25) is 0 Å². The molecule has 0 unspecified atom stereocenters. The fourth-order valence-corrected chi connectivity index (χ4v) is 1.90. The van der Waals surface area contributed by atoms with Crippen LogP contribution in [0.1, 0.15) is 5.56 Å². The first-order chi connectivity index (χ1) is 7.81. The lowest BCUT2D eigenvalue weighted by molar-refractivity contribution is 0.984. The van der Waals surface area contributed by atoms with Crippen molar-refractivity contribution in [1.29, 1.82) is 0 Å². The first-order valence-electron chi connectivity index (χ1n) is 4.53. The van der Waals surface area contributed by atoms with Crippen molar-refractivity contribution in [3.05, 3.63) is 30.5 Å². The molecule has 0 fully saturated rings. The van der Waals surface area contributed by atoms with Gasteiger partial charge in [0.2, 0.25) is 0 Å². The minimum Gasteiger partial charge on any atom is -0.308 e. The number of nitrogens with two attached hydrogens (primary N) is 1. The molecular weight excluding hydrogens is 224 g/mol. The second kappa shape index (κ2) is 4.86. The Morgan fingerprint density at radius 1 is 1.25 bits per heavy atom. The summed E-state index contributed by atoms with van der Waals surface area (Å²) in [5.74, 6) is 5.95. The van der Waals surface area contributed by atoms with E-state index in [0.29, 0.717) is 5.82 Å². The molecule has 6 nitrogen and oxygen atoms in total. The van der Waals surface area contributed by atoms with E-state index in [4.69, 9.17) is 5.84 Å². The maximum Gasteiger partial charge on any atom is 0.147 e. The third-order valence-electron chi connectivity index (χ3n) is 1.93. The number of aromatic nitrogens is 4. The Kier molecular flexibility index (Phi) is 3.28. The molecular formula is C9H10N6S. The van der Waals surface area contributed by atoms with E-state index < -0.39 is 0 Å². The largest absolute Gasteiger partial charge is 0.308 e. The lowest BCUT2D eigenvalue weighted by Gasteiger charge is -2.07. The summed E-state index contributed by atoms with van der Waals surface area (Å²) in [5.41, 5.74) is 3.42. The Morgan fingerprint density at radius 3 is 2.81 bits per heavy atom. The fourth-order valence-electron chi connectivity index (χ4n) is 1.12. The highest BCUT2D eigenvalue weighted by Gasteiger charge is 2.07. The first kappa shape index (κ1) is 10.8. The van der Waals surface area contributed by atoms with Crippen molar-refractivity contribution >= 4 is 17.6 Å². The van der Waals surface area contributed by atoms with Gasteiger partial charge in [0.1, 0.15) is 28.5 Å². The molecule has 0 aromatic carbocycles. The smallest absolute Gasteiger partial charge is 0.147 e. The van der Waals surface area contributed by atoms with Gasteiger partial charge in [-0.2, -0.15) is 0 Å². The highest BCUT2D eigenvalue weighted by Crippen LogP contribution is 2.28. The van der Waals surface area contributed by atoms with E-state index in [-0.39, 0.29) is 0 Å². The van der Waals surface area contributed by atoms with Gasteiger partial charge in [0, 0.05) is 11.8 Å². The van der Waals surface area contributed by atoms with Gasteiger partial charge in [-0.05, 0) is 24.8 Å². The molecule has 0 amide bonds. The quantitative estimate of drug-likeness (QED) is 0.465. The van der Waals surface area contributed by atoms with E-state index in [1.54, 1.807) is 6.20 Å². The minimum absolute atomic E-state index is 0.617. The van der Waals surface area contributed by atoms with Gasteiger partial charge in [-0.25, -0.2) is 25.8 Å². The van der Waals surface area contributed by atoms with Gasteiger partial charge in [-0.15, -0.1) is 0 Å². The van der Waals surface area contributed by atoms with E-state index in [9.17, 15) is 0 Å². The second-order valence-electron chi connectivity index (χ2n) is 2.95. The number of hydrogen-bond donors (Lipinski definition) is 2. The van der Waals surface area contributed by atoms with Gasteiger partial charge >= 0.3 is 0 Å². The van der Waals surface area contributed by atoms with Gasteiger partial charge in [0.15, 0.2) is 0 Å². The molecule has 2 rings (SSSR count). The van der Waals surface area contributed by atoms with Crippen LogP contribution in [-0.2, 0) is 0 Å². The topological polar surface area (TPSA) is 89.6 Å². The standard InChI is InChI=1S/C9H10N6S/c1-6-8(15-10)13-5-14-9(6)16-7-2-3-11-4-12-7/h2-5H,10H2,1H3,(H,13,14,15). The van der Waals surface area contributed by atoms with Gasteiger partial charge < -0.3 is 5.43 Å². The Morgan fingerprint density at radius 2 is 2.12 bits per heavy atom. The predicted molar refractivity (Wildman–Crippen MR) is 60.7 cm³/mol. The Hall–Kier alpha value is -1.73. The number of hydrazine groups is 1. The van der Waals surface area contributed by atoms with E-state index >= 15 is 0 Å². The Balaban J connectivity index is 2.28. The van der Waals surface area contributed by atoms with E-state index in [2.05, 4.69) is 25.4 Å². The molecule has 2 aromatic heterocycles. The third-order valence-corrected chi connectivity index (χ3v) is 2.99. The molecule has 0 aliphatic heterocycles. The normalized spacial score (nSPS) is 10.1. The summed E-state index contributed by atoms with van der Waals surface area (Å²) in [4.78, 5) is 16.1. The van der Waals surface area contributed by atoms with Crippen LogP contribution < -0.4 is 11.3 Å². The SMILES string of the molecule is Cc1c(NN)ncnc1Sc1ccncn1. The number of nitrogen functional groups attached to an aromatic ring is 1. The molecule has 0 saturated heterocycles. The summed E-state index contributed by atoms with van der Waals surface area (Å²) >= 11 is 1.45. The molecule has 0 saturated carbocycles. The molecule has 7 heteroatoms. The number of hydrogen-bond acceptors (Lipinski definition) is 7. The highest BCUT2D eigenvalue weighted by atomic mass is 32.2. The van der Waals surface area contributed by atoms with Crippen LogP contribution in [0.4, 0.5) is 5.82 Å². The van der Waals surface area contributed by atoms with Crippen molar-refractivity contribution in [2.45, 2.75) is 17.0 Å². The monoisotopic (exact) mass is 234 g/mol. The van der Waals surface area contributed by atoms with Gasteiger partial charge in [-0.3, -0.25) is 0 Å². The lowest BCUT2D eigenvalue weighted by Crippen LogP contribution is -2.10. The van der Waals surface area contributed by atoms with Crippen LogP contribution in [0.5, 0.6) is 0 Å². The summed E-state index contributed by atoms with van der Waals surface area (Å²) < 4.78 is 0. The molecule has 16 heavy (non-hydrogen) atoms. The zero-order chi connectivity index (χ0) is 11.4. The zero-order valence-electron chi connectivity index (χ0n) is 8.58. The molecule has 0 atom stereocenters. The van der Waals surface area contributed by atoms with Crippen LogP contribution in [0, 0.1) is 6.92 Å². The van der Waals surface area contributed by atoms with Crippen LogP contribution in [0.25, 0.3) is 0 Å². The van der Waals surface area contributed by atoms with Crippen molar-refractivity contribution in [2.24, 2.45) is 5.84 Å². The van der Waals surface area contributed by atoms with Crippen LogP contribution in [0.3, 0.4) is 0 Å². The van der Waals surface area contributed by atoms with Gasteiger partial charge in [0.25, 0.3) is 0 Å². The summed E-state index contributed by atoms with van der Waals surface area (Å²) in [7, 11) is 0. The van der Waals surface area contributed by atoms with Crippen LogP contribution >= 0.6 is 11.8 Å². The predicted octanol–water partition coefficient (Wildman–Crippen LogP) is 1.01. The number of nitrogens with one attached hydrogen (secondary N) is 1. The Labute approximate surface area is 96.7 Å². The second-order valence-corrected chi connectivity index (χ2v) is 3.96. The summed E-state index contributed by atoms with van der Waals surface area (Å²) in [6.45, 7) is 1.90. The molecule has 0 aliphatic rings. The number of rotatable bonds is 3. The average Bonchev–Trinajstić information content (AvgIpc) is 2.33. The molecule has 2 aromatic rings. The summed E-state index contributed by atoms with van der Waals surface area (Å²) in [6.07, 6.45) is 4.65. The first-order valence-corrected chi connectivity index (χ1v) is 5.35. The molecule has 82 valence electrons. The zero-order valence-corrected chi connectivity index (χ0v) is 9.40. The maximum atomic E-state index is 5.34. The van der Waals surface area contributed by atoms with Gasteiger partial charge in [-0.1, -0.05) is 0 Å². The van der Waals surface area contributed by atoms with Crippen LogP contribution in [-0.4, -0.2) is 19.9 Å². The van der Waals surface area contributed by atoms with E-state index in [0.717, 1.165) is 15.6 Å². The van der Waals surface area contributed by atoms with Crippen molar-refractivity contribution in [1.82, 2.24) is 19.9 Å². The van der Waals surface area contributed by atoms with Crippen molar-refractivity contribution in [2.75, 3.05) is 5.43 Å². The number of anilines is 1.